The topological polar surface area (TPSA) is 69.9 Å². The highest BCUT2D eigenvalue weighted by atomic mass is 32.1. The van der Waals surface area contributed by atoms with Gasteiger partial charge in [0.25, 0.3) is 5.91 Å². The highest BCUT2D eigenvalue weighted by Gasteiger charge is 2.11. The number of amides is 1. The van der Waals surface area contributed by atoms with Crippen molar-refractivity contribution >= 4 is 33.4 Å². The number of ether oxygens (including phenoxy) is 2. The van der Waals surface area contributed by atoms with Crippen LogP contribution in [0.3, 0.4) is 0 Å². The number of rotatable bonds is 5. The Bertz CT molecular complexity index is 1080. The van der Waals surface area contributed by atoms with Crippen LogP contribution in [-0.2, 0) is 11.3 Å². The summed E-state index contributed by atoms with van der Waals surface area (Å²) in [5.41, 5.74) is 1.72. The van der Waals surface area contributed by atoms with E-state index in [0.29, 0.717) is 22.5 Å². The first-order valence-electron chi connectivity index (χ1n) is 8.13. The molecular weight excluding hydrogens is 364 g/mol. The zero-order valence-electron chi connectivity index (χ0n) is 15.0. The minimum absolute atomic E-state index is 0.379. The largest absolute Gasteiger partial charge is 0.497 e. The molecule has 3 rings (SSSR count). The maximum absolute atomic E-state index is 12.6. The second-order valence-electron chi connectivity index (χ2n) is 5.60. The maximum Gasteiger partial charge on any atom is 0.337 e. The molecule has 3 aromatic rings. The summed E-state index contributed by atoms with van der Waals surface area (Å²) in [6.45, 7) is 4.31. The molecule has 1 amide bonds. The van der Waals surface area contributed by atoms with E-state index in [0.717, 1.165) is 16.0 Å². The second-order valence-corrected chi connectivity index (χ2v) is 6.61. The van der Waals surface area contributed by atoms with Crippen LogP contribution in [0.25, 0.3) is 10.2 Å². The third-order valence-corrected chi connectivity index (χ3v) is 4.99. The second kappa shape index (κ2) is 8.01. The van der Waals surface area contributed by atoms with E-state index in [2.05, 4.69) is 16.3 Å². The van der Waals surface area contributed by atoms with Crippen LogP contribution in [0.4, 0.5) is 0 Å². The van der Waals surface area contributed by atoms with Gasteiger partial charge in [-0.2, -0.15) is 4.99 Å². The molecule has 0 aliphatic carbocycles. The number of nitrogens with zero attached hydrogens (tertiary/aromatic N) is 2. The minimum atomic E-state index is -0.451. The van der Waals surface area contributed by atoms with Gasteiger partial charge in [-0.3, -0.25) is 4.79 Å². The average molecular weight is 382 g/mol. The number of hydrogen-bond donors (Lipinski definition) is 0. The molecule has 0 atom stereocenters. The number of carbonyl (C=O) groups excluding carboxylic acids is 2. The Morgan fingerprint density at radius 3 is 2.48 bits per heavy atom. The Labute approximate surface area is 160 Å². The molecule has 7 heteroatoms. The Balaban J connectivity index is 2.03. The first kappa shape index (κ1) is 18.6. The summed E-state index contributed by atoms with van der Waals surface area (Å²) >= 11 is 1.40. The number of fused-ring (bicyclic) bond motifs is 1. The molecule has 0 fully saturated rings. The first-order chi connectivity index (χ1) is 13.1. The van der Waals surface area contributed by atoms with E-state index in [1.807, 2.05) is 22.8 Å². The lowest BCUT2D eigenvalue weighted by molar-refractivity contribution is 0.0600. The van der Waals surface area contributed by atoms with E-state index in [-0.39, 0.29) is 5.91 Å². The van der Waals surface area contributed by atoms with Gasteiger partial charge in [-0.05, 0) is 42.5 Å². The van der Waals surface area contributed by atoms with E-state index in [9.17, 15) is 9.59 Å². The number of carbonyl (C=O) groups is 2. The van der Waals surface area contributed by atoms with Crippen LogP contribution in [0, 0.1) is 0 Å². The summed E-state index contributed by atoms with van der Waals surface area (Å²) in [5.74, 6) is -0.0956. The number of thiazole rings is 1. The summed E-state index contributed by atoms with van der Waals surface area (Å²) in [5, 5.41) is 0. The number of hydrogen-bond acceptors (Lipinski definition) is 5. The average Bonchev–Trinajstić information content (AvgIpc) is 3.03. The molecule has 6 nitrogen and oxygen atoms in total. The fourth-order valence-corrected chi connectivity index (χ4v) is 3.66. The van der Waals surface area contributed by atoms with Gasteiger partial charge in [0.1, 0.15) is 5.75 Å². The monoisotopic (exact) mass is 382 g/mol. The number of esters is 1. The number of allylic oxidation sites excluding steroid dienone is 1. The van der Waals surface area contributed by atoms with Crippen molar-refractivity contribution in [2.75, 3.05) is 14.2 Å². The highest BCUT2D eigenvalue weighted by Crippen LogP contribution is 2.23. The molecule has 0 unspecified atom stereocenters. The summed E-state index contributed by atoms with van der Waals surface area (Å²) < 4.78 is 12.8. The first-order valence-corrected chi connectivity index (χ1v) is 8.94. The summed E-state index contributed by atoms with van der Waals surface area (Å²) in [6.07, 6.45) is 1.76. The van der Waals surface area contributed by atoms with E-state index in [1.54, 1.807) is 37.5 Å². The Morgan fingerprint density at radius 1 is 1.15 bits per heavy atom. The normalized spacial score (nSPS) is 11.4. The Hall–Kier alpha value is -3.19. The lowest BCUT2D eigenvalue weighted by Crippen LogP contribution is -2.16. The smallest absolute Gasteiger partial charge is 0.337 e. The molecule has 0 aliphatic heterocycles. The van der Waals surface area contributed by atoms with Gasteiger partial charge < -0.3 is 14.0 Å². The molecule has 1 heterocycles. The maximum atomic E-state index is 12.6. The van der Waals surface area contributed by atoms with Crippen LogP contribution in [0.1, 0.15) is 20.7 Å². The van der Waals surface area contributed by atoms with Crippen LogP contribution in [0.2, 0.25) is 0 Å². The SMILES string of the molecule is C=CCn1c(=NC(=O)c2ccc(C(=O)OC)cc2)sc2cc(OC)ccc21. The number of aromatic nitrogens is 1. The molecule has 2 aromatic carbocycles. The van der Waals surface area contributed by atoms with Crippen molar-refractivity contribution in [3.05, 3.63) is 71.0 Å². The van der Waals surface area contributed by atoms with Gasteiger partial charge in [0, 0.05) is 12.1 Å². The van der Waals surface area contributed by atoms with Crippen molar-refractivity contribution in [2.45, 2.75) is 6.54 Å². The lowest BCUT2D eigenvalue weighted by atomic mass is 10.1. The van der Waals surface area contributed by atoms with E-state index < -0.39 is 5.97 Å². The van der Waals surface area contributed by atoms with Gasteiger partial charge >= 0.3 is 5.97 Å². The molecule has 0 bridgehead atoms. The number of benzene rings is 2. The zero-order chi connectivity index (χ0) is 19.4. The van der Waals surface area contributed by atoms with Gasteiger partial charge in [0.15, 0.2) is 4.80 Å². The molecule has 0 saturated heterocycles. The van der Waals surface area contributed by atoms with Crippen LogP contribution < -0.4 is 9.54 Å². The molecule has 1 aromatic heterocycles. The van der Waals surface area contributed by atoms with Crippen LogP contribution in [-0.4, -0.2) is 30.7 Å². The third-order valence-electron chi connectivity index (χ3n) is 3.95. The van der Waals surface area contributed by atoms with Crippen molar-refractivity contribution in [1.82, 2.24) is 4.57 Å². The fraction of sp³-hybridized carbons (Fsp3) is 0.150. The van der Waals surface area contributed by atoms with Crippen molar-refractivity contribution in [3.8, 4) is 5.75 Å². The zero-order valence-corrected chi connectivity index (χ0v) is 15.8. The van der Waals surface area contributed by atoms with E-state index >= 15 is 0 Å². The molecule has 0 saturated carbocycles. The Morgan fingerprint density at radius 2 is 1.85 bits per heavy atom. The van der Waals surface area contributed by atoms with Crippen LogP contribution >= 0.6 is 11.3 Å². The van der Waals surface area contributed by atoms with Gasteiger partial charge in [0.05, 0.1) is 30.0 Å². The van der Waals surface area contributed by atoms with Crippen molar-refractivity contribution in [3.63, 3.8) is 0 Å². The number of methoxy groups -OCH3 is 2. The van der Waals surface area contributed by atoms with Crippen molar-refractivity contribution in [1.29, 1.82) is 0 Å². The van der Waals surface area contributed by atoms with E-state index in [1.165, 1.54) is 18.4 Å². The predicted molar refractivity (Wildman–Crippen MR) is 104 cm³/mol. The molecular formula is C20H18N2O4S. The highest BCUT2D eigenvalue weighted by molar-refractivity contribution is 7.16. The summed E-state index contributed by atoms with van der Waals surface area (Å²) in [6, 6.07) is 11.9. The lowest BCUT2D eigenvalue weighted by Gasteiger charge is -2.02. The fourth-order valence-electron chi connectivity index (χ4n) is 2.59. The molecule has 27 heavy (non-hydrogen) atoms. The van der Waals surface area contributed by atoms with Gasteiger partial charge in [0.2, 0.25) is 0 Å². The van der Waals surface area contributed by atoms with Gasteiger partial charge in [-0.15, -0.1) is 6.58 Å². The standard InChI is InChI=1S/C20H18N2O4S/c1-4-11-22-16-10-9-15(25-2)12-17(16)27-20(22)21-18(23)13-5-7-14(8-6-13)19(24)26-3/h4-10,12H,1,11H2,2-3H3. The molecule has 0 spiro atoms. The van der Waals surface area contributed by atoms with Crippen molar-refractivity contribution < 1.29 is 19.1 Å². The van der Waals surface area contributed by atoms with Gasteiger partial charge in [-0.1, -0.05) is 17.4 Å². The molecule has 0 radical (unpaired) electrons. The van der Waals surface area contributed by atoms with Crippen LogP contribution in [0.5, 0.6) is 5.75 Å². The van der Waals surface area contributed by atoms with E-state index in [4.69, 9.17) is 4.74 Å². The van der Waals surface area contributed by atoms with Gasteiger partial charge in [-0.25, -0.2) is 4.79 Å². The summed E-state index contributed by atoms with van der Waals surface area (Å²) in [7, 11) is 2.92. The van der Waals surface area contributed by atoms with Crippen molar-refractivity contribution in [2.24, 2.45) is 4.99 Å². The van der Waals surface area contributed by atoms with Crippen LogP contribution in [0.15, 0.2) is 60.1 Å². The third kappa shape index (κ3) is 3.83. The molecule has 0 N–H and O–H groups in total. The Kier molecular flexibility index (Phi) is 5.52. The minimum Gasteiger partial charge on any atom is -0.497 e. The molecule has 0 aliphatic rings. The molecule has 138 valence electrons. The quantitative estimate of drug-likeness (QED) is 0.501. The predicted octanol–water partition coefficient (Wildman–Crippen LogP) is 3.43. The summed E-state index contributed by atoms with van der Waals surface area (Å²) in [4.78, 5) is 28.9.